The van der Waals surface area contributed by atoms with E-state index in [0.29, 0.717) is 10.6 Å². The molecular formula is C17H10ClF3N2O2S. The Morgan fingerprint density at radius 1 is 1.15 bits per heavy atom. The SMILES string of the molecule is O=C(CSc1nc(-c2ccco2)cc(C(F)(F)F)n1)c1cccc(Cl)c1. The van der Waals surface area contributed by atoms with E-state index in [1.807, 2.05) is 0 Å². The Bertz CT molecular complexity index is 930. The smallest absolute Gasteiger partial charge is 0.433 e. The first-order valence-electron chi connectivity index (χ1n) is 7.24. The molecule has 0 aliphatic heterocycles. The highest BCUT2D eigenvalue weighted by atomic mass is 35.5. The van der Waals surface area contributed by atoms with Crippen LogP contribution in [-0.2, 0) is 6.18 Å². The van der Waals surface area contributed by atoms with Crippen molar-refractivity contribution in [2.24, 2.45) is 0 Å². The number of Topliss-reactive ketones (excluding diaryl/α,β-unsaturated/α-hetero) is 1. The molecule has 0 saturated heterocycles. The molecule has 134 valence electrons. The third kappa shape index (κ3) is 4.44. The maximum absolute atomic E-state index is 13.1. The molecule has 1 aromatic carbocycles. The molecule has 0 unspecified atom stereocenters. The van der Waals surface area contributed by atoms with Gasteiger partial charge in [-0.2, -0.15) is 13.2 Å². The van der Waals surface area contributed by atoms with E-state index in [2.05, 4.69) is 9.97 Å². The summed E-state index contributed by atoms with van der Waals surface area (Å²) in [4.78, 5) is 19.7. The van der Waals surface area contributed by atoms with Gasteiger partial charge in [-0.3, -0.25) is 4.79 Å². The van der Waals surface area contributed by atoms with Gasteiger partial charge in [0.15, 0.2) is 16.7 Å². The number of rotatable bonds is 5. The molecule has 3 aromatic rings. The number of carbonyl (C=O) groups excluding carboxylic acids is 1. The van der Waals surface area contributed by atoms with Crippen molar-refractivity contribution in [3.8, 4) is 11.5 Å². The summed E-state index contributed by atoms with van der Waals surface area (Å²) in [6.45, 7) is 0. The molecule has 9 heteroatoms. The van der Waals surface area contributed by atoms with Crippen LogP contribution in [0.15, 0.2) is 58.3 Å². The summed E-state index contributed by atoms with van der Waals surface area (Å²) in [6, 6.07) is 10.2. The topological polar surface area (TPSA) is 56.0 Å². The summed E-state index contributed by atoms with van der Waals surface area (Å²) in [6.07, 6.45) is -3.31. The molecule has 0 radical (unpaired) electrons. The lowest BCUT2D eigenvalue weighted by molar-refractivity contribution is -0.141. The minimum atomic E-state index is -4.64. The van der Waals surface area contributed by atoms with Crippen LogP contribution in [0.3, 0.4) is 0 Å². The van der Waals surface area contributed by atoms with Crippen LogP contribution in [0, 0.1) is 0 Å². The highest BCUT2D eigenvalue weighted by Crippen LogP contribution is 2.32. The van der Waals surface area contributed by atoms with Crippen molar-refractivity contribution in [1.29, 1.82) is 0 Å². The van der Waals surface area contributed by atoms with Crippen LogP contribution in [-0.4, -0.2) is 21.5 Å². The molecule has 0 amide bonds. The molecule has 2 heterocycles. The van der Waals surface area contributed by atoms with E-state index in [4.69, 9.17) is 16.0 Å². The third-order valence-corrected chi connectivity index (χ3v) is 4.33. The van der Waals surface area contributed by atoms with Crippen LogP contribution < -0.4 is 0 Å². The summed E-state index contributed by atoms with van der Waals surface area (Å²) in [5.41, 5.74) is -0.741. The number of nitrogens with zero attached hydrogens (tertiary/aromatic N) is 2. The Morgan fingerprint density at radius 2 is 1.96 bits per heavy atom. The molecule has 2 aromatic heterocycles. The predicted octanol–water partition coefficient (Wildman–Crippen LogP) is 5.38. The number of benzene rings is 1. The third-order valence-electron chi connectivity index (χ3n) is 3.25. The van der Waals surface area contributed by atoms with Crippen LogP contribution in [0.2, 0.25) is 5.02 Å². The Morgan fingerprint density at radius 3 is 2.62 bits per heavy atom. The molecule has 0 spiro atoms. The molecule has 4 nitrogen and oxygen atoms in total. The van der Waals surface area contributed by atoms with Crippen molar-refractivity contribution in [3.05, 3.63) is 65.0 Å². The second-order valence-corrected chi connectivity index (χ2v) is 6.50. The summed E-state index contributed by atoms with van der Waals surface area (Å²) in [5.74, 6) is -0.238. The van der Waals surface area contributed by atoms with E-state index in [1.165, 1.54) is 18.4 Å². The Balaban J connectivity index is 1.85. The van der Waals surface area contributed by atoms with Gasteiger partial charge >= 0.3 is 6.18 Å². The first kappa shape index (κ1) is 18.5. The fraction of sp³-hybridized carbons (Fsp3) is 0.118. The van der Waals surface area contributed by atoms with Crippen molar-refractivity contribution in [1.82, 2.24) is 9.97 Å². The van der Waals surface area contributed by atoms with Crippen LogP contribution in [0.5, 0.6) is 0 Å². The van der Waals surface area contributed by atoms with Crippen molar-refractivity contribution in [2.45, 2.75) is 11.3 Å². The first-order valence-corrected chi connectivity index (χ1v) is 8.61. The van der Waals surface area contributed by atoms with Gasteiger partial charge in [-0.15, -0.1) is 0 Å². The fourth-order valence-corrected chi connectivity index (χ4v) is 3.00. The molecule has 0 fully saturated rings. The number of aromatic nitrogens is 2. The van der Waals surface area contributed by atoms with Crippen molar-refractivity contribution < 1.29 is 22.4 Å². The quantitative estimate of drug-likeness (QED) is 0.328. The molecular weight excluding hydrogens is 389 g/mol. The van der Waals surface area contributed by atoms with Crippen LogP contribution in [0.4, 0.5) is 13.2 Å². The molecule has 0 aliphatic rings. The number of carbonyl (C=O) groups is 1. The zero-order valence-corrected chi connectivity index (χ0v) is 14.5. The van der Waals surface area contributed by atoms with Gasteiger partial charge in [-0.05, 0) is 30.3 Å². The number of halogens is 4. The average molecular weight is 399 g/mol. The number of furan rings is 1. The van der Waals surface area contributed by atoms with Crippen molar-refractivity contribution in [3.63, 3.8) is 0 Å². The molecule has 0 N–H and O–H groups in total. The largest absolute Gasteiger partial charge is 0.463 e. The minimum Gasteiger partial charge on any atom is -0.463 e. The van der Waals surface area contributed by atoms with Gasteiger partial charge in [0.05, 0.1) is 12.0 Å². The van der Waals surface area contributed by atoms with Gasteiger partial charge in [-0.25, -0.2) is 9.97 Å². The summed E-state index contributed by atoms with van der Waals surface area (Å²) >= 11 is 6.65. The van der Waals surface area contributed by atoms with E-state index in [9.17, 15) is 18.0 Å². The van der Waals surface area contributed by atoms with Gasteiger partial charge in [-0.1, -0.05) is 35.5 Å². The molecule has 3 rings (SSSR count). The number of alkyl halides is 3. The van der Waals surface area contributed by atoms with Crippen LogP contribution in [0.25, 0.3) is 11.5 Å². The van der Waals surface area contributed by atoms with Gasteiger partial charge in [0.1, 0.15) is 11.4 Å². The van der Waals surface area contributed by atoms with Crippen LogP contribution >= 0.6 is 23.4 Å². The highest BCUT2D eigenvalue weighted by Gasteiger charge is 2.34. The van der Waals surface area contributed by atoms with Gasteiger partial charge < -0.3 is 4.42 Å². The van der Waals surface area contributed by atoms with E-state index >= 15 is 0 Å². The Labute approximate surface area is 155 Å². The Kier molecular flexibility index (Phi) is 5.33. The maximum atomic E-state index is 13.1. The average Bonchev–Trinajstić information content (AvgIpc) is 3.13. The van der Waals surface area contributed by atoms with Gasteiger partial charge in [0, 0.05) is 10.6 Å². The van der Waals surface area contributed by atoms with Crippen molar-refractivity contribution in [2.75, 3.05) is 5.75 Å². The lowest BCUT2D eigenvalue weighted by Crippen LogP contribution is -2.11. The fourth-order valence-electron chi connectivity index (χ4n) is 2.06. The van der Waals surface area contributed by atoms with Gasteiger partial charge in [0.2, 0.25) is 0 Å². The number of hydrogen-bond donors (Lipinski definition) is 0. The predicted molar refractivity (Wildman–Crippen MR) is 91.2 cm³/mol. The van der Waals surface area contributed by atoms with E-state index in [1.54, 1.807) is 24.3 Å². The first-order chi connectivity index (χ1) is 12.3. The summed E-state index contributed by atoms with van der Waals surface area (Å²) < 4.78 is 44.4. The number of hydrogen-bond acceptors (Lipinski definition) is 5. The van der Waals surface area contributed by atoms with E-state index in [0.717, 1.165) is 17.8 Å². The van der Waals surface area contributed by atoms with Gasteiger partial charge in [0.25, 0.3) is 0 Å². The normalized spacial score (nSPS) is 11.5. The number of ketones is 1. The van der Waals surface area contributed by atoms with Crippen LogP contribution in [0.1, 0.15) is 16.1 Å². The zero-order chi connectivity index (χ0) is 18.7. The highest BCUT2D eigenvalue weighted by molar-refractivity contribution is 7.99. The molecule has 0 aliphatic carbocycles. The number of thioether (sulfide) groups is 1. The standard InChI is InChI=1S/C17H10ClF3N2O2S/c18-11-4-1-3-10(7-11)13(24)9-26-16-22-12(14-5-2-6-25-14)8-15(23-16)17(19,20)21/h1-8H,9H2. The zero-order valence-electron chi connectivity index (χ0n) is 13.0. The second-order valence-electron chi connectivity index (χ2n) is 5.12. The van der Waals surface area contributed by atoms with Crippen molar-refractivity contribution >= 4 is 29.1 Å². The monoisotopic (exact) mass is 398 g/mol. The Hall–Kier alpha value is -2.32. The molecule has 0 saturated carbocycles. The summed E-state index contributed by atoms with van der Waals surface area (Å²) in [7, 11) is 0. The van der Waals surface area contributed by atoms with E-state index in [-0.39, 0.29) is 28.1 Å². The molecule has 0 bridgehead atoms. The summed E-state index contributed by atoms with van der Waals surface area (Å²) in [5, 5.41) is 0.234. The maximum Gasteiger partial charge on any atom is 0.433 e. The molecule has 26 heavy (non-hydrogen) atoms. The second kappa shape index (κ2) is 7.51. The van der Waals surface area contributed by atoms with E-state index < -0.39 is 11.9 Å². The lowest BCUT2D eigenvalue weighted by atomic mass is 10.1. The minimum absolute atomic E-state index is 0.00460. The lowest BCUT2D eigenvalue weighted by Gasteiger charge is -2.09. The molecule has 0 atom stereocenters.